The fourth-order valence-electron chi connectivity index (χ4n) is 0.163. The van der Waals surface area contributed by atoms with Crippen LogP contribution in [-0.2, 0) is 14.1 Å². The van der Waals surface area contributed by atoms with Crippen LogP contribution in [0.5, 0.6) is 0 Å². The zero-order valence-corrected chi connectivity index (χ0v) is 5.22. The van der Waals surface area contributed by atoms with Gasteiger partial charge in [-0.25, -0.2) is 4.79 Å². The first-order valence-corrected chi connectivity index (χ1v) is 3.60. The fourth-order valence-corrected chi connectivity index (χ4v) is 0.490. The number of hydrogen-bond acceptors (Lipinski definition) is 3. The second-order valence-corrected chi connectivity index (χ2v) is 2.35. The van der Waals surface area contributed by atoms with Gasteiger partial charge in [-0.1, -0.05) is 0 Å². The largest absolute Gasteiger partial charge is 0.452 e. The Labute approximate surface area is 49.6 Å². The van der Waals surface area contributed by atoms with E-state index in [0.717, 1.165) is 0 Å². The highest BCUT2D eigenvalue weighted by molar-refractivity contribution is 7.77. The predicted molar refractivity (Wildman–Crippen MR) is 30.8 cm³/mol. The minimum absolute atomic E-state index is 0.0890. The Balaban J connectivity index is 3.39. The average Bonchev–Trinajstić information content (AvgIpc) is 1.65. The Morgan fingerprint density at radius 2 is 2.38 bits per heavy atom. The highest BCUT2D eigenvalue weighted by Gasteiger charge is 1.99. The van der Waals surface area contributed by atoms with E-state index in [0.29, 0.717) is 0 Å². The lowest BCUT2D eigenvalue weighted by Gasteiger charge is -2.01. The first kappa shape index (κ1) is 7.63. The standard InChI is InChI=1S/C3H4BO3P/c1-8(4)7-3(6)2-5/h2H,1H3. The lowest BCUT2D eigenvalue weighted by Crippen LogP contribution is -1.99. The third-order valence-corrected chi connectivity index (χ3v) is 0.798. The smallest absolute Gasteiger partial charge is 0.373 e. The molecule has 8 heavy (non-hydrogen) atoms. The van der Waals surface area contributed by atoms with Gasteiger partial charge in [-0.3, -0.25) is 4.79 Å². The summed E-state index contributed by atoms with van der Waals surface area (Å²) in [5.74, 6) is -0.902. The number of aldehydes is 1. The van der Waals surface area contributed by atoms with Crippen molar-refractivity contribution in [1.82, 2.24) is 0 Å². The molecule has 0 aromatic carbocycles. The van der Waals surface area contributed by atoms with Crippen molar-refractivity contribution in [1.29, 1.82) is 0 Å². The van der Waals surface area contributed by atoms with Crippen LogP contribution < -0.4 is 0 Å². The molecule has 42 valence electrons. The maximum Gasteiger partial charge on any atom is 0.373 e. The summed E-state index contributed by atoms with van der Waals surface area (Å²) in [5, 5.41) is 0. The normalized spacial score (nSPS) is 12.1. The molecule has 3 nitrogen and oxygen atoms in total. The Morgan fingerprint density at radius 1 is 1.88 bits per heavy atom. The summed E-state index contributed by atoms with van der Waals surface area (Å²) in [7, 11) is 3.81. The number of rotatable bonds is 2. The number of carbonyl (C=O) groups excluding carboxylic acids is 2. The molecule has 0 aromatic heterocycles. The molecule has 1 unspecified atom stereocenters. The van der Waals surface area contributed by atoms with E-state index < -0.39 is 14.0 Å². The average molecular weight is 130 g/mol. The Kier molecular flexibility index (Phi) is 3.45. The van der Waals surface area contributed by atoms with Crippen molar-refractivity contribution >= 4 is 27.8 Å². The van der Waals surface area contributed by atoms with Crippen LogP contribution in [0.25, 0.3) is 0 Å². The summed E-state index contributed by atoms with van der Waals surface area (Å²) in [6.07, 6.45) is 0.0890. The molecule has 5 heteroatoms. The first-order chi connectivity index (χ1) is 3.66. The molecule has 0 amide bonds. The van der Waals surface area contributed by atoms with Crippen LogP contribution in [0, 0.1) is 0 Å². The molecule has 0 aliphatic carbocycles. The highest BCUT2D eigenvalue weighted by Crippen LogP contribution is 2.23. The Morgan fingerprint density at radius 3 is 2.50 bits per heavy atom. The van der Waals surface area contributed by atoms with Crippen LogP contribution in [0.4, 0.5) is 0 Å². The van der Waals surface area contributed by atoms with E-state index >= 15 is 0 Å². The van der Waals surface area contributed by atoms with Gasteiger partial charge in [0, 0.05) is 8.03 Å². The van der Waals surface area contributed by atoms with Crippen molar-refractivity contribution < 1.29 is 14.1 Å². The van der Waals surface area contributed by atoms with E-state index in [1.165, 1.54) is 6.66 Å². The van der Waals surface area contributed by atoms with Gasteiger partial charge in [0.25, 0.3) is 0 Å². The third kappa shape index (κ3) is 3.81. The molecule has 0 N–H and O–H groups in total. The van der Waals surface area contributed by atoms with E-state index in [-0.39, 0.29) is 6.29 Å². The van der Waals surface area contributed by atoms with Crippen molar-refractivity contribution in [2.45, 2.75) is 0 Å². The van der Waals surface area contributed by atoms with Gasteiger partial charge in [0.05, 0.1) is 0 Å². The molecular weight excluding hydrogens is 126 g/mol. The van der Waals surface area contributed by atoms with Gasteiger partial charge in [0.2, 0.25) is 6.29 Å². The van der Waals surface area contributed by atoms with E-state index in [1.807, 2.05) is 0 Å². The summed E-state index contributed by atoms with van der Waals surface area (Å²) in [6.45, 7) is 1.52. The summed E-state index contributed by atoms with van der Waals surface area (Å²) < 4.78 is 4.23. The predicted octanol–water partition coefficient (Wildman–Crippen LogP) is -0.161. The summed E-state index contributed by atoms with van der Waals surface area (Å²) in [4.78, 5) is 19.5. The first-order valence-electron chi connectivity index (χ1n) is 1.82. The molecule has 0 aliphatic rings. The molecule has 0 rings (SSSR count). The van der Waals surface area contributed by atoms with Gasteiger partial charge in [-0.05, 0) is 6.66 Å². The molecule has 0 aliphatic heterocycles. The van der Waals surface area contributed by atoms with E-state index in [4.69, 9.17) is 7.57 Å². The van der Waals surface area contributed by atoms with Crippen molar-refractivity contribution in [3.05, 3.63) is 0 Å². The lowest BCUT2D eigenvalue weighted by molar-refractivity contribution is -0.140. The third-order valence-electron chi connectivity index (χ3n) is 0.330. The summed E-state index contributed by atoms with van der Waals surface area (Å²) in [6, 6.07) is 0. The molecule has 0 saturated heterocycles. The molecule has 1 atom stereocenters. The number of carbonyl (C=O) groups is 2. The highest BCUT2D eigenvalue weighted by atomic mass is 31.1. The monoisotopic (exact) mass is 130 g/mol. The minimum Gasteiger partial charge on any atom is -0.452 e. The lowest BCUT2D eigenvalue weighted by atomic mass is 10.8. The van der Waals surface area contributed by atoms with Crippen LogP contribution in [0.2, 0.25) is 0 Å². The Bertz CT molecular complexity index is 103. The van der Waals surface area contributed by atoms with Gasteiger partial charge in [0.1, 0.15) is 0 Å². The van der Waals surface area contributed by atoms with Crippen LogP contribution >= 0.6 is 8.03 Å². The van der Waals surface area contributed by atoms with Gasteiger partial charge in [-0.15, -0.1) is 0 Å². The second kappa shape index (κ2) is 3.61. The van der Waals surface area contributed by atoms with Crippen molar-refractivity contribution in [3.8, 4) is 0 Å². The van der Waals surface area contributed by atoms with Gasteiger partial charge < -0.3 is 4.52 Å². The molecule has 0 aromatic rings. The second-order valence-electron chi connectivity index (χ2n) is 1.07. The molecule has 2 radical (unpaired) electrons. The van der Waals surface area contributed by atoms with Gasteiger partial charge in [0.15, 0.2) is 7.57 Å². The molecule has 0 spiro atoms. The van der Waals surface area contributed by atoms with Crippen LogP contribution in [-0.4, -0.2) is 26.5 Å². The maximum atomic E-state index is 9.97. The van der Waals surface area contributed by atoms with Crippen LogP contribution in [0.1, 0.15) is 0 Å². The topological polar surface area (TPSA) is 43.4 Å². The SMILES string of the molecule is [B]P(C)OC(=O)C=O. The van der Waals surface area contributed by atoms with Crippen LogP contribution in [0.3, 0.4) is 0 Å². The van der Waals surface area contributed by atoms with Crippen molar-refractivity contribution in [2.75, 3.05) is 6.66 Å². The molecule has 0 saturated carbocycles. The van der Waals surface area contributed by atoms with E-state index in [1.54, 1.807) is 0 Å². The quantitative estimate of drug-likeness (QED) is 0.225. The molecule has 0 bridgehead atoms. The van der Waals surface area contributed by atoms with Gasteiger partial charge >= 0.3 is 5.97 Å². The zero-order chi connectivity index (χ0) is 6.57. The van der Waals surface area contributed by atoms with E-state index in [2.05, 4.69) is 4.52 Å². The molecule has 0 fully saturated rings. The van der Waals surface area contributed by atoms with Gasteiger partial charge in [-0.2, -0.15) is 0 Å². The Hall–Kier alpha value is -0.365. The van der Waals surface area contributed by atoms with Crippen molar-refractivity contribution in [3.63, 3.8) is 0 Å². The summed E-state index contributed by atoms with van der Waals surface area (Å²) in [5.41, 5.74) is 0. The number of hydrogen-bond donors (Lipinski definition) is 0. The molecule has 0 heterocycles. The van der Waals surface area contributed by atoms with Crippen molar-refractivity contribution in [2.24, 2.45) is 0 Å². The van der Waals surface area contributed by atoms with Crippen LogP contribution in [0.15, 0.2) is 0 Å². The minimum atomic E-state index is -1.23. The maximum absolute atomic E-state index is 9.97. The zero-order valence-electron chi connectivity index (χ0n) is 4.33. The summed E-state index contributed by atoms with van der Waals surface area (Å²) >= 11 is 0. The molecular formula is C3H4BO3P. The van der Waals surface area contributed by atoms with E-state index in [9.17, 15) is 9.59 Å². The fraction of sp³-hybridized carbons (Fsp3) is 0.333.